The summed E-state index contributed by atoms with van der Waals surface area (Å²) in [5.74, 6) is -1.22. The minimum Gasteiger partial charge on any atom is -0.478 e. The zero-order valence-electron chi connectivity index (χ0n) is 14.7. The summed E-state index contributed by atoms with van der Waals surface area (Å²) in [6, 6.07) is 14.0. The fourth-order valence-electron chi connectivity index (χ4n) is 3.37. The maximum Gasteiger partial charge on any atom is 0.393 e. The van der Waals surface area contributed by atoms with Crippen LogP contribution in [0.4, 0.5) is 18.9 Å². The van der Waals surface area contributed by atoms with Crippen LogP contribution in [0.2, 0.25) is 0 Å². The number of carbonyl (C=O) groups is 1. The maximum absolute atomic E-state index is 13.0. The molecule has 1 aliphatic heterocycles. The van der Waals surface area contributed by atoms with Crippen LogP contribution < -0.4 is 4.90 Å². The van der Waals surface area contributed by atoms with Gasteiger partial charge in [0.2, 0.25) is 0 Å². The van der Waals surface area contributed by atoms with Crippen molar-refractivity contribution in [3.8, 4) is 0 Å². The Morgan fingerprint density at radius 1 is 1.00 bits per heavy atom. The molecule has 1 fully saturated rings. The van der Waals surface area contributed by atoms with Gasteiger partial charge in [-0.15, -0.1) is 0 Å². The van der Waals surface area contributed by atoms with Gasteiger partial charge in [0.1, 0.15) is 0 Å². The van der Waals surface area contributed by atoms with Crippen LogP contribution in [-0.2, 0) is 13.0 Å². The van der Waals surface area contributed by atoms with E-state index in [0.717, 1.165) is 25.7 Å². The lowest BCUT2D eigenvalue weighted by molar-refractivity contribution is -0.127. The van der Waals surface area contributed by atoms with E-state index in [1.54, 1.807) is 0 Å². The number of carboxylic acids is 1. The summed E-state index contributed by atoms with van der Waals surface area (Å²) in [4.78, 5) is 15.3. The predicted molar refractivity (Wildman–Crippen MR) is 97.1 cm³/mol. The number of rotatable bonds is 5. The first-order chi connectivity index (χ1) is 12.8. The molecule has 1 aliphatic rings. The molecule has 0 aromatic heterocycles. The molecule has 0 atom stereocenters. The molecule has 0 unspecified atom stereocenters. The summed E-state index contributed by atoms with van der Waals surface area (Å²) >= 11 is 0. The van der Waals surface area contributed by atoms with E-state index in [0.29, 0.717) is 18.8 Å². The molecular weight excluding hydrogens is 357 g/mol. The molecule has 3 rings (SSSR count). The molecule has 2 aromatic carbocycles. The third-order valence-corrected chi connectivity index (χ3v) is 4.68. The first kappa shape index (κ1) is 19.2. The summed E-state index contributed by atoms with van der Waals surface area (Å²) in [6.07, 6.45) is -5.52. The number of benzene rings is 2. The van der Waals surface area contributed by atoms with E-state index in [-0.39, 0.29) is 11.1 Å². The van der Waals surface area contributed by atoms with Gasteiger partial charge in [-0.3, -0.25) is 4.90 Å². The number of halogens is 3. The molecule has 7 heteroatoms. The summed E-state index contributed by atoms with van der Waals surface area (Å²) in [5.41, 5.74) is 1.56. The quantitative estimate of drug-likeness (QED) is 0.859. The Hall–Kier alpha value is -2.54. The molecule has 0 saturated carbocycles. The molecule has 1 heterocycles. The van der Waals surface area contributed by atoms with Gasteiger partial charge in [0, 0.05) is 38.4 Å². The number of alkyl halides is 3. The third-order valence-electron chi connectivity index (χ3n) is 4.68. The number of hydrogen-bond acceptors (Lipinski definition) is 3. The largest absolute Gasteiger partial charge is 0.478 e. The molecule has 144 valence electrons. The highest BCUT2D eigenvalue weighted by Gasteiger charge is 2.31. The van der Waals surface area contributed by atoms with Crippen LogP contribution in [0.25, 0.3) is 0 Å². The molecule has 2 aromatic rings. The minimum atomic E-state index is -4.39. The zero-order chi connectivity index (χ0) is 19.4. The lowest BCUT2D eigenvalue weighted by atomic mass is 10.0. The van der Waals surface area contributed by atoms with Crippen LogP contribution in [0.15, 0.2) is 48.5 Å². The Kier molecular flexibility index (Phi) is 5.70. The van der Waals surface area contributed by atoms with Crippen molar-refractivity contribution in [2.45, 2.75) is 19.1 Å². The average Bonchev–Trinajstić information content (AvgIpc) is 2.62. The van der Waals surface area contributed by atoms with Crippen molar-refractivity contribution in [2.75, 3.05) is 31.1 Å². The zero-order valence-corrected chi connectivity index (χ0v) is 14.7. The Balaban J connectivity index is 1.72. The summed E-state index contributed by atoms with van der Waals surface area (Å²) < 4.78 is 38.9. The fraction of sp³-hybridized carbons (Fsp3) is 0.350. The first-order valence-corrected chi connectivity index (χ1v) is 8.76. The van der Waals surface area contributed by atoms with Gasteiger partial charge in [-0.05, 0) is 29.3 Å². The van der Waals surface area contributed by atoms with E-state index in [9.17, 15) is 18.0 Å². The van der Waals surface area contributed by atoms with E-state index < -0.39 is 18.6 Å². The maximum atomic E-state index is 13.0. The number of piperazine rings is 1. The third kappa shape index (κ3) is 5.23. The highest BCUT2D eigenvalue weighted by Crippen LogP contribution is 2.30. The van der Waals surface area contributed by atoms with Crippen molar-refractivity contribution in [2.24, 2.45) is 0 Å². The Labute approximate surface area is 155 Å². The lowest BCUT2D eigenvalue weighted by Crippen LogP contribution is -2.46. The Morgan fingerprint density at radius 3 is 2.26 bits per heavy atom. The van der Waals surface area contributed by atoms with Gasteiger partial charge in [0.15, 0.2) is 0 Å². The second-order valence-corrected chi connectivity index (χ2v) is 6.69. The van der Waals surface area contributed by atoms with Gasteiger partial charge in [-0.1, -0.05) is 30.3 Å². The van der Waals surface area contributed by atoms with E-state index in [2.05, 4.69) is 17.0 Å². The highest BCUT2D eigenvalue weighted by atomic mass is 19.4. The molecular formula is C20H21F3N2O2. The Morgan fingerprint density at radius 2 is 1.67 bits per heavy atom. The number of hydrogen-bond donors (Lipinski definition) is 1. The predicted octanol–water partition coefficient (Wildman–Crippen LogP) is 3.81. The van der Waals surface area contributed by atoms with Crippen molar-refractivity contribution in [3.05, 3.63) is 65.2 Å². The van der Waals surface area contributed by atoms with E-state index in [1.165, 1.54) is 17.7 Å². The van der Waals surface area contributed by atoms with Gasteiger partial charge >= 0.3 is 12.1 Å². The van der Waals surface area contributed by atoms with Gasteiger partial charge in [0.25, 0.3) is 0 Å². The van der Waals surface area contributed by atoms with Crippen LogP contribution in [-0.4, -0.2) is 48.3 Å². The molecule has 1 N–H and O–H groups in total. The topological polar surface area (TPSA) is 43.8 Å². The first-order valence-electron chi connectivity index (χ1n) is 8.76. The van der Waals surface area contributed by atoms with Crippen LogP contribution >= 0.6 is 0 Å². The van der Waals surface area contributed by atoms with Crippen LogP contribution in [0.3, 0.4) is 0 Å². The monoisotopic (exact) mass is 378 g/mol. The molecule has 27 heavy (non-hydrogen) atoms. The molecule has 1 saturated heterocycles. The minimum absolute atomic E-state index is 0.0129. The second kappa shape index (κ2) is 8.00. The molecule has 0 radical (unpaired) electrons. The second-order valence-electron chi connectivity index (χ2n) is 6.69. The van der Waals surface area contributed by atoms with Crippen LogP contribution in [0.1, 0.15) is 21.5 Å². The number of carboxylic acid groups (broad SMARTS) is 1. The van der Waals surface area contributed by atoms with Gasteiger partial charge in [-0.2, -0.15) is 13.2 Å². The average molecular weight is 378 g/mol. The van der Waals surface area contributed by atoms with Gasteiger partial charge < -0.3 is 10.0 Å². The summed E-state index contributed by atoms with van der Waals surface area (Å²) in [7, 11) is 0. The fourth-order valence-corrected chi connectivity index (χ4v) is 3.37. The van der Waals surface area contributed by atoms with Gasteiger partial charge in [0.05, 0.1) is 12.0 Å². The highest BCUT2D eigenvalue weighted by molar-refractivity contribution is 5.88. The van der Waals surface area contributed by atoms with Crippen molar-refractivity contribution in [3.63, 3.8) is 0 Å². The molecule has 0 aliphatic carbocycles. The number of aromatic carboxylic acids is 1. The van der Waals surface area contributed by atoms with Crippen molar-refractivity contribution in [1.82, 2.24) is 4.90 Å². The van der Waals surface area contributed by atoms with Gasteiger partial charge in [-0.25, -0.2) is 4.79 Å². The van der Waals surface area contributed by atoms with Crippen LogP contribution in [0.5, 0.6) is 0 Å². The van der Waals surface area contributed by atoms with Crippen molar-refractivity contribution >= 4 is 11.7 Å². The van der Waals surface area contributed by atoms with E-state index >= 15 is 0 Å². The lowest BCUT2D eigenvalue weighted by Gasteiger charge is -2.37. The van der Waals surface area contributed by atoms with Crippen molar-refractivity contribution < 1.29 is 23.1 Å². The standard InChI is InChI=1S/C20H21F3N2O2/c21-20(22,23)13-17-12-16(19(26)27)6-7-18(17)25-10-8-24(9-11-25)14-15-4-2-1-3-5-15/h1-7,12H,8-11,13-14H2,(H,26,27). The molecule has 0 bridgehead atoms. The molecule has 4 nitrogen and oxygen atoms in total. The smallest absolute Gasteiger partial charge is 0.393 e. The van der Waals surface area contributed by atoms with Crippen molar-refractivity contribution in [1.29, 1.82) is 0 Å². The van der Waals surface area contributed by atoms with E-state index in [1.807, 2.05) is 23.1 Å². The Bertz CT molecular complexity index is 786. The van der Waals surface area contributed by atoms with E-state index in [4.69, 9.17) is 5.11 Å². The summed E-state index contributed by atoms with van der Waals surface area (Å²) in [5, 5.41) is 9.08. The number of nitrogens with zero attached hydrogens (tertiary/aromatic N) is 2. The molecule has 0 spiro atoms. The number of anilines is 1. The normalized spacial score (nSPS) is 15.7. The molecule has 0 amide bonds. The summed E-state index contributed by atoms with van der Waals surface area (Å²) in [6.45, 7) is 3.48. The SMILES string of the molecule is O=C(O)c1ccc(N2CCN(Cc3ccccc3)CC2)c(CC(F)(F)F)c1. The van der Waals surface area contributed by atoms with Crippen LogP contribution in [0, 0.1) is 0 Å².